The minimum absolute atomic E-state index is 0.193. The molecule has 0 aliphatic rings. The number of carbonyl (C=O) groups is 1. The molecule has 0 aromatic heterocycles. The second kappa shape index (κ2) is 10.1. The van der Waals surface area contributed by atoms with E-state index in [0.29, 0.717) is 15.1 Å². The van der Waals surface area contributed by atoms with Gasteiger partial charge in [-0.1, -0.05) is 77.3 Å². The molecule has 0 aliphatic carbocycles. The van der Waals surface area contributed by atoms with Gasteiger partial charge < -0.3 is 4.74 Å². The summed E-state index contributed by atoms with van der Waals surface area (Å²) in [5.41, 5.74) is 1.80. The van der Waals surface area contributed by atoms with Crippen LogP contribution in [0.3, 0.4) is 0 Å². The molecule has 25 heavy (non-hydrogen) atoms. The van der Waals surface area contributed by atoms with Gasteiger partial charge in [0.15, 0.2) is 0 Å². The summed E-state index contributed by atoms with van der Waals surface area (Å²) >= 11 is 17.7. The van der Waals surface area contributed by atoms with Crippen LogP contribution in [0.1, 0.15) is 11.1 Å². The van der Waals surface area contributed by atoms with Gasteiger partial charge in [0.05, 0.1) is 0 Å². The monoisotopic (exact) mass is 392 g/mol. The molecule has 0 aliphatic heterocycles. The normalized spacial score (nSPS) is 11.6. The molecule has 0 fully saturated rings. The van der Waals surface area contributed by atoms with E-state index < -0.39 is 5.97 Å². The van der Waals surface area contributed by atoms with E-state index in [9.17, 15) is 4.79 Å². The van der Waals surface area contributed by atoms with Crippen molar-refractivity contribution in [2.24, 2.45) is 0 Å². The SMILES string of the molecule is O=C(C=CC=Cc1ccc(Cl)cc1Cl)OCC=Cc1ccc(Cl)cc1. The van der Waals surface area contributed by atoms with E-state index in [-0.39, 0.29) is 6.61 Å². The molecule has 0 heterocycles. The van der Waals surface area contributed by atoms with Crippen LogP contribution in [0.4, 0.5) is 0 Å². The molecule has 0 saturated heterocycles. The van der Waals surface area contributed by atoms with Gasteiger partial charge >= 0.3 is 5.97 Å². The third-order valence-corrected chi connectivity index (χ3v) is 3.90. The fourth-order valence-corrected chi connectivity index (χ4v) is 2.46. The molecule has 2 aromatic rings. The summed E-state index contributed by atoms with van der Waals surface area (Å²) in [6, 6.07) is 12.6. The van der Waals surface area contributed by atoms with Crippen LogP contribution in [-0.2, 0) is 9.53 Å². The van der Waals surface area contributed by atoms with E-state index in [0.717, 1.165) is 11.1 Å². The predicted molar refractivity (Wildman–Crippen MR) is 106 cm³/mol. The highest BCUT2D eigenvalue weighted by atomic mass is 35.5. The molecule has 0 radical (unpaired) electrons. The van der Waals surface area contributed by atoms with Crippen LogP contribution in [0, 0.1) is 0 Å². The third-order valence-electron chi connectivity index (χ3n) is 3.08. The highest BCUT2D eigenvalue weighted by Gasteiger charge is 1.97. The maximum absolute atomic E-state index is 11.6. The molecular weight excluding hydrogens is 379 g/mol. The first-order chi connectivity index (χ1) is 12.0. The van der Waals surface area contributed by atoms with Crippen molar-refractivity contribution in [1.82, 2.24) is 0 Å². The van der Waals surface area contributed by atoms with Crippen LogP contribution in [0.15, 0.2) is 66.8 Å². The van der Waals surface area contributed by atoms with Gasteiger partial charge in [-0.2, -0.15) is 0 Å². The zero-order valence-electron chi connectivity index (χ0n) is 13.2. The van der Waals surface area contributed by atoms with Gasteiger partial charge in [-0.3, -0.25) is 0 Å². The van der Waals surface area contributed by atoms with Gasteiger partial charge in [0.1, 0.15) is 6.61 Å². The lowest BCUT2D eigenvalue weighted by atomic mass is 10.2. The van der Waals surface area contributed by atoms with Gasteiger partial charge in [0.25, 0.3) is 0 Å². The molecule has 2 rings (SSSR count). The fourth-order valence-electron chi connectivity index (χ4n) is 1.87. The lowest BCUT2D eigenvalue weighted by Gasteiger charge is -1.98. The van der Waals surface area contributed by atoms with Gasteiger partial charge in [-0.15, -0.1) is 0 Å². The summed E-state index contributed by atoms with van der Waals surface area (Å²) in [4.78, 5) is 11.6. The Morgan fingerprint density at radius 1 is 0.920 bits per heavy atom. The average Bonchev–Trinajstić information content (AvgIpc) is 2.59. The van der Waals surface area contributed by atoms with Crippen molar-refractivity contribution in [2.75, 3.05) is 6.61 Å². The van der Waals surface area contributed by atoms with Crippen molar-refractivity contribution in [2.45, 2.75) is 0 Å². The lowest BCUT2D eigenvalue weighted by molar-refractivity contribution is -0.136. The van der Waals surface area contributed by atoms with Crippen molar-refractivity contribution in [1.29, 1.82) is 0 Å². The first-order valence-electron chi connectivity index (χ1n) is 7.43. The number of carbonyl (C=O) groups excluding carboxylic acids is 1. The van der Waals surface area contributed by atoms with Gasteiger partial charge in [-0.25, -0.2) is 4.79 Å². The van der Waals surface area contributed by atoms with Gasteiger partial charge in [0.2, 0.25) is 0 Å². The molecule has 0 unspecified atom stereocenters. The molecule has 0 atom stereocenters. The van der Waals surface area contributed by atoms with E-state index >= 15 is 0 Å². The Morgan fingerprint density at radius 3 is 2.36 bits per heavy atom. The van der Waals surface area contributed by atoms with E-state index in [1.165, 1.54) is 6.08 Å². The van der Waals surface area contributed by atoms with Crippen LogP contribution in [0.2, 0.25) is 15.1 Å². The number of esters is 1. The zero-order valence-corrected chi connectivity index (χ0v) is 15.4. The van der Waals surface area contributed by atoms with Gasteiger partial charge in [-0.05, 0) is 41.5 Å². The predicted octanol–water partition coefficient (Wildman–Crippen LogP) is 6.47. The molecule has 2 nitrogen and oxygen atoms in total. The molecule has 0 bridgehead atoms. The number of ether oxygens (including phenoxy) is 1. The molecule has 0 amide bonds. The van der Waals surface area contributed by atoms with Crippen LogP contribution < -0.4 is 0 Å². The van der Waals surface area contributed by atoms with Crippen molar-refractivity contribution >= 4 is 52.9 Å². The Morgan fingerprint density at radius 2 is 1.64 bits per heavy atom. The highest BCUT2D eigenvalue weighted by Crippen LogP contribution is 2.21. The summed E-state index contributed by atoms with van der Waals surface area (Å²) in [5.74, 6) is -0.424. The summed E-state index contributed by atoms with van der Waals surface area (Å²) in [6.07, 6.45) is 10.0. The first kappa shape index (κ1) is 19.3. The maximum atomic E-state index is 11.6. The quantitative estimate of drug-likeness (QED) is 0.319. The summed E-state index contributed by atoms with van der Waals surface area (Å²) in [6.45, 7) is 0.193. The molecular formula is C20H15Cl3O2. The van der Waals surface area contributed by atoms with E-state index in [1.54, 1.807) is 54.6 Å². The van der Waals surface area contributed by atoms with E-state index in [2.05, 4.69) is 0 Å². The fraction of sp³-hybridized carbons (Fsp3) is 0.0500. The number of hydrogen-bond donors (Lipinski definition) is 0. The summed E-state index contributed by atoms with van der Waals surface area (Å²) < 4.78 is 5.06. The van der Waals surface area contributed by atoms with Crippen LogP contribution >= 0.6 is 34.8 Å². The largest absolute Gasteiger partial charge is 0.458 e. The molecule has 0 saturated carbocycles. The first-order valence-corrected chi connectivity index (χ1v) is 8.56. The Kier molecular flexibility index (Phi) is 7.80. The maximum Gasteiger partial charge on any atom is 0.331 e. The smallest absolute Gasteiger partial charge is 0.331 e. The molecule has 0 spiro atoms. The molecule has 128 valence electrons. The number of benzene rings is 2. The third kappa shape index (κ3) is 7.18. The van der Waals surface area contributed by atoms with Crippen LogP contribution in [-0.4, -0.2) is 12.6 Å². The second-order valence-corrected chi connectivity index (χ2v) is 6.25. The Hall–Kier alpha value is -2.00. The molecule has 0 N–H and O–H groups in total. The minimum Gasteiger partial charge on any atom is -0.458 e. The number of hydrogen-bond acceptors (Lipinski definition) is 2. The minimum atomic E-state index is -0.424. The Labute approximate surface area is 162 Å². The Balaban J connectivity index is 1.76. The van der Waals surface area contributed by atoms with Crippen LogP contribution in [0.5, 0.6) is 0 Å². The molecule has 2 aromatic carbocycles. The standard InChI is InChI=1S/C20H15Cl3O2/c21-17-10-7-15(8-11-17)4-3-13-25-20(24)6-2-1-5-16-9-12-18(22)14-19(16)23/h1-12,14H,13H2. The highest BCUT2D eigenvalue weighted by molar-refractivity contribution is 6.35. The number of rotatable bonds is 6. The average molecular weight is 394 g/mol. The number of halogens is 3. The summed E-state index contributed by atoms with van der Waals surface area (Å²) in [7, 11) is 0. The van der Waals surface area contributed by atoms with Crippen molar-refractivity contribution < 1.29 is 9.53 Å². The van der Waals surface area contributed by atoms with Crippen molar-refractivity contribution in [3.63, 3.8) is 0 Å². The van der Waals surface area contributed by atoms with Crippen molar-refractivity contribution in [3.05, 3.63) is 93.0 Å². The van der Waals surface area contributed by atoms with E-state index in [4.69, 9.17) is 39.5 Å². The number of allylic oxidation sites excluding steroid dienone is 2. The topological polar surface area (TPSA) is 26.3 Å². The zero-order chi connectivity index (χ0) is 18.1. The Bertz CT molecular complexity index is 806. The van der Waals surface area contributed by atoms with Crippen molar-refractivity contribution in [3.8, 4) is 0 Å². The summed E-state index contributed by atoms with van der Waals surface area (Å²) in [5, 5.41) is 1.81. The lowest BCUT2D eigenvalue weighted by Crippen LogP contribution is -1.99. The van der Waals surface area contributed by atoms with E-state index in [1.807, 2.05) is 18.2 Å². The van der Waals surface area contributed by atoms with Gasteiger partial charge in [0, 0.05) is 21.1 Å². The molecule has 5 heteroatoms. The second-order valence-electron chi connectivity index (χ2n) is 4.97. The van der Waals surface area contributed by atoms with Crippen LogP contribution in [0.25, 0.3) is 12.2 Å².